The van der Waals surface area contributed by atoms with Gasteiger partial charge < -0.3 is 15.2 Å². The molecule has 6 nitrogen and oxygen atoms in total. The largest absolute Gasteiger partial charge is 0.484 e. The number of carbonyl (C=O) groups excluding carboxylic acids is 1. The van der Waals surface area contributed by atoms with Gasteiger partial charge in [0.15, 0.2) is 6.61 Å². The molecule has 1 aromatic carbocycles. The molecule has 2 N–H and O–H groups in total. The first kappa shape index (κ1) is 16.8. The van der Waals surface area contributed by atoms with Crippen LogP contribution in [0.4, 0.5) is 0 Å². The quantitative estimate of drug-likeness (QED) is 0.837. The highest BCUT2D eigenvalue weighted by Crippen LogP contribution is 2.37. The Balaban J connectivity index is 1.59. The molecule has 7 heteroatoms. The predicted octanol–water partition coefficient (Wildman–Crippen LogP) is 2.08. The van der Waals surface area contributed by atoms with Crippen LogP contribution in [0.25, 0.3) is 0 Å². The summed E-state index contributed by atoms with van der Waals surface area (Å²) in [6.45, 7) is -0.0757. The number of nitrogens with one attached hydrogen (secondary N) is 1. The summed E-state index contributed by atoms with van der Waals surface area (Å²) in [5.74, 6) is 0.593. The predicted molar refractivity (Wildman–Crippen MR) is 89.8 cm³/mol. The number of amides is 1. The molecular formula is C17H20ClN3O3. The van der Waals surface area contributed by atoms with Crippen LogP contribution in [-0.2, 0) is 11.8 Å². The van der Waals surface area contributed by atoms with Crippen LogP contribution in [0, 0.1) is 5.92 Å². The molecule has 1 aliphatic carbocycles. The van der Waals surface area contributed by atoms with Crippen LogP contribution in [0.5, 0.6) is 5.75 Å². The first-order valence-corrected chi connectivity index (χ1v) is 8.23. The molecule has 0 unspecified atom stereocenters. The van der Waals surface area contributed by atoms with E-state index < -0.39 is 0 Å². The Morgan fingerprint density at radius 2 is 2.17 bits per heavy atom. The van der Waals surface area contributed by atoms with E-state index in [0.29, 0.717) is 23.6 Å². The number of rotatable bonds is 6. The number of hydrogen-bond donors (Lipinski definition) is 2. The zero-order valence-corrected chi connectivity index (χ0v) is 14.1. The van der Waals surface area contributed by atoms with E-state index in [4.69, 9.17) is 16.3 Å². The average Bonchev–Trinajstić information content (AvgIpc) is 2.96. The number of carbonyl (C=O) groups is 1. The van der Waals surface area contributed by atoms with Gasteiger partial charge in [-0.2, -0.15) is 5.10 Å². The molecule has 1 aromatic heterocycles. The molecule has 0 saturated heterocycles. The van der Waals surface area contributed by atoms with E-state index in [1.807, 2.05) is 13.2 Å². The standard InChI is InChI=1S/C17H20ClN3O3/c1-21-9-12(8-19-21)17(11-6-14(22)7-11)20-16(23)10-24-15-4-2-13(18)3-5-15/h2-5,8-9,11,14,17,22H,6-7,10H2,1H3,(H,20,23)/t11?,14?,17-/m1/s1. The molecule has 3 rings (SSSR count). The van der Waals surface area contributed by atoms with Gasteiger partial charge in [-0.15, -0.1) is 0 Å². The third kappa shape index (κ3) is 4.07. The van der Waals surface area contributed by atoms with E-state index in [2.05, 4.69) is 10.4 Å². The van der Waals surface area contributed by atoms with Gasteiger partial charge in [-0.1, -0.05) is 11.6 Å². The van der Waals surface area contributed by atoms with Crippen LogP contribution in [0.2, 0.25) is 5.02 Å². The third-order valence-electron chi connectivity index (χ3n) is 4.21. The first-order valence-electron chi connectivity index (χ1n) is 7.85. The molecule has 2 aromatic rings. The topological polar surface area (TPSA) is 76.4 Å². The fraction of sp³-hybridized carbons (Fsp3) is 0.412. The second-order valence-electron chi connectivity index (χ2n) is 6.12. The molecule has 1 saturated carbocycles. The lowest BCUT2D eigenvalue weighted by molar-refractivity contribution is -0.125. The molecule has 1 amide bonds. The number of hydrogen-bond acceptors (Lipinski definition) is 4. The zero-order chi connectivity index (χ0) is 17.1. The highest BCUT2D eigenvalue weighted by molar-refractivity contribution is 6.30. The Labute approximate surface area is 145 Å². The van der Waals surface area contributed by atoms with E-state index in [-0.39, 0.29) is 30.6 Å². The van der Waals surface area contributed by atoms with Crippen molar-refractivity contribution >= 4 is 17.5 Å². The lowest BCUT2D eigenvalue weighted by Crippen LogP contribution is -2.42. The number of benzene rings is 1. The fourth-order valence-corrected chi connectivity index (χ4v) is 3.00. The summed E-state index contributed by atoms with van der Waals surface area (Å²) in [6, 6.07) is 6.70. The monoisotopic (exact) mass is 349 g/mol. The van der Waals surface area contributed by atoms with Crippen molar-refractivity contribution in [2.45, 2.75) is 25.0 Å². The fourth-order valence-electron chi connectivity index (χ4n) is 2.87. The summed E-state index contributed by atoms with van der Waals surface area (Å²) in [4.78, 5) is 12.2. The van der Waals surface area contributed by atoms with Crippen molar-refractivity contribution in [2.75, 3.05) is 6.61 Å². The van der Waals surface area contributed by atoms with Gasteiger partial charge in [-0.3, -0.25) is 9.48 Å². The van der Waals surface area contributed by atoms with Gasteiger partial charge in [0.25, 0.3) is 5.91 Å². The van der Waals surface area contributed by atoms with Crippen LogP contribution in [0.15, 0.2) is 36.7 Å². The molecule has 1 atom stereocenters. The second-order valence-corrected chi connectivity index (χ2v) is 6.56. The van der Waals surface area contributed by atoms with Crippen molar-refractivity contribution in [2.24, 2.45) is 13.0 Å². The average molecular weight is 350 g/mol. The van der Waals surface area contributed by atoms with Gasteiger partial charge in [-0.05, 0) is 43.0 Å². The Morgan fingerprint density at radius 3 is 2.75 bits per heavy atom. The van der Waals surface area contributed by atoms with E-state index in [1.165, 1.54) is 0 Å². The maximum Gasteiger partial charge on any atom is 0.258 e. The normalized spacial score (nSPS) is 21.0. The lowest BCUT2D eigenvalue weighted by atomic mass is 9.75. The van der Waals surface area contributed by atoms with Crippen LogP contribution < -0.4 is 10.1 Å². The van der Waals surface area contributed by atoms with Gasteiger partial charge in [-0.25, -0.2) is 0 Å². The minimum absolute atomic E-state index is 0.0757. The van der Waals surface area contributed by atoms with Crippen molar-refractivity contribution in [3.05, 3.63) is 47.2 Å². The van der Waals surface area contributed by atoms with Crippen molar-refractivity contribution in [3.63, 3.8) is 0 Å². The number of nitrogens with zero attached hydrogens (tertiary/aromatic N) is 2. The molecule has 128 valence electrons. The van der Waals surface area contributed by atoms with Crippen LogP contribution in [0.1, 0.15) is 24.4 Å². The van der Waals surface area contributed by atoms with Crippen molar-refractivity contribution in [3.8, 4) is 5.75 Å². The van der Waals surface area contributed by atoms with Gasteiger partial charge in [0, 0.05) is 23.8 Å². The van der Waals surface area contributed by atoms with Crippen molar-refractivity contribution in [1.29, 1.82) is 0 Å². The second kappa shape index (κ2) is 7.23. The molecule has 1 heterocycles. The minimum atomic E-state index is -0.281. The maximum atomic E-state index is 12.2. The van der Waals surface area contributed by atoms with E-state index in [0.717, 1.165) is 5.56 Å². The summed E-state index contributed by atoms with van der Waals surface area (Å²) in [7, 11) is 1.83. The first-order chi connectivity index (χ1) is 11.5. The van der Waals surface area contributed by atoms with E-state index in [9.17, 15) is 9.90 Å². The smallest absolute Gasteiger partial charge is 0.258 e. The van der Waals surface area contributed by atoms with Crippen LogP contribution in [0.3, 0.4) is 0 Å². The zero-order valence-electron chi connectivity index (χ0n) is 13.4. The summed E-state index contributed by atoms with van der Waals surface area (Å²) < 4.78 is 7.18. The highest BCUT2D eigenvalue weighted by atomic mass is 35.5. The molecule has 24 heavy (non-hydrogen) atoms. The van der Waals surface area contributed by atoms with Gasteiger partial charge in [0.1, 0.15) is 5.75 Å². The lowest BCUT2D eigenvalue weighted by Gasteiger charge is -2.37. The molecule has 0 spiro atoms. The van der Waals surface area contributed by atoms with Gasteiger partial charge in [0.2, 0.25) is 0 Å². The molecule has 1 fully saturated rings. The van der Waals surface area contributed by atoms with E-state index in [1.54, 1.807) is 35.1 Å². The number of aliphatic hydroxyl groups excluding tert-OH is 1. The van der Waals surface area contributed by atoms with Gasteiger partial charge in [0.05, 0.1) is 18.3 Å². The van der Waals surface area contributed by atoms with Crippen LogP contribution in [-0.4, -0.2) is 33.5 Å². The minimum Gasteiger partial charge on any atom is -0.484 e. The summed E-state index contributed by atoms with van der Waals surface area (Å²) >= 11 is 5.82. The third-order valence-corrected chi connectivity index (χ3v) is 4.46. The Morgan fingerprint density at radius 1 is 1.46 bits per heavy atom. The highest BCUT2D eigenvalue weighted by Gasteiger charge is 2.36. The Hall–Kier alpha value is -2.05. The van der Waals surface area contributed by atoms with Crippen LogP contribution >= 0.6 is 11.6 Å². The number of aryl methyl sites for hydroxylation is 1. The molecule has 0 bridgehead atoms. The number of ether oxygens (including phenoxy) is 1. The molecular weight excluding hydrogens is 330 g/mol. The molecule has 0 aliphatic heterocycles. The molecule has 1 aliphatic rings. The SMILES string of the molecule is Cn1cc([C@H](NC(=O)COc2ccc(Cl)cc2)C2CC(O)C2)cn1. The number of aliphatic hydroxyl groups is 1. The maximum absolute atomic E-state index is 12.2. The van der Waals surface area contributed by atoms with E-state index >= 15 is 0 Å². The number of halogens is 1. The Kier molecular flexibility index (Phi) is 5.06. The summed E-state index contributed by atoms with van der Waals surface area (Å²) in [5.41, 5.74) is 0.939. The molecule has 0 radical (unpaired) electrons. The summed E-state index contributed by atoms with van der Waals surface area (Å²) in [6.07, 6.45) is 4.71. The summed E-state index contributed by atoms with van der Waals surface area (Å²) in [5, 5.41) is 17.3. The van der Waals surface area contributed by atoms with Gasteiger partial charge >= 0.3 is 0 Å². The van der Waals surface area contributed by atoms with Crippen molar-refractivity contribution in [1.82, 2.24) is 15.1 Å². The Bertz CT molecular complexity index is 695. The van der Waals surface area contributed by atoms with Crippen molar-refractivity contribution < 1.29 is 14.6 Å². The number of aromatic nitrogens is 2.